The Labute approximate surface area is 100 Å². The van der Waals surface area contributed by atoms with E-state index in [2.05, 4.69) is 29.4 Å². The number of nitrogens with zero attached hydrogens (tertiary/aromatic N) is 2. The number of hydrogen-bond acceptors (Lipinski definition) is 3. The van der Waals surface area contributed by atoms with Gasteiger partial charge < -0.3 is 5.32 Å². The molecule has 0 fully saturated rings. The Bertz CT molecular complexity index is 318. The Morgan fingerprint density at radius 1 is 1.40 bits per heavy atom. The molecule has 0 radical (unpaired) electrons. The second-order valence-electron chi connectivity index (χ2n) is 3.56. The molecule has 1 unspecified atom stereocenters. The van der Waals surface area contributed by atoms with E-state index in [-0.39, 0.29) is 0 Å². The summed E-state index contributed by atoms with van der Waals surface area (Å²) in [6.07, 6.45) is 3.49. The normalized spacial score (nSPS) is 12.5. The third-order valence-corrected chi connectivity index (χ3v) is 2.58. The third kappa shape index (κ3) is 4.22. The van der Waals surface area contributed by atoms with Crippen LogP contribution in [0.1, 0.15) is 33.1 Å². The zero-order valence-electron chi connectivity index (χ0n) is 8.93. The number of rotatable bonds is 5. The minimum atomic E-state index is 0.351. The zero-order valence-corrected chi connectivity index (χ0v) is 10.4. The molecule has 0 saturated heterocycles. The lowest BCUT2D eigenvalue weighted by molar-refractivity contribution is 0.644. The van der Waals surface area contributed by atoms with Crippen LogP contribution in [0.4, 0.5) is 5.69 Å². The van der Waals surface area contributed by atoms with Crippen molar-refractivity contribution in [1.29, 1.82) is 0 Å². The van der Waals surface area contributed by atoms with Crippen molar-refractivity contribution >= 4 is 28.9 Å². The van der Waals surface area contributed by atoms with Crippen molar-refractivity contribution in [2.75, 3.05) is 5.32 Å². The summed E-state index contributed by atoms with van der Waals surface area (Å²) in [6, 6.07) is 2.06. The van der Waals surface area contributed by atoms with Crippen LogP contribution in [0.2, 0.25) is 10.3 Å². The number of hydrogen-bond donors (Lipinski definition) is 1. The first-order chi connectivity index (χ1) is 7.13. The molecule has 0 aliphatic heterocycles. The highest BCUT2D eigenvalue weighted by molar-refractivity contribution is 6.33. The molecular formula is C10H15Cl2N3. The molecule has 0 spiro atoms. The highest BCUT2D eigenvalue weighted by Gasteiger charge is 2.07. The molecule has 3 nitrogen and oxygen atoms in total. The first-order valence-corrected chi connectivity index (χ1v) is 5.84. The quantitative estimate of drug-likeness (QED) is 0.861. The summed E-state index contributed by atoms with van der Waals surface area (Å²) in [6.45, 7) is 4.28. The van der Waals surface area contributed by atoms with Crippen molar-refractivity contribution in [1.82, 2.24) is 10.2 Å². The molecule has 1 aromatic rings. The van der Waals surface area contributed by atoms with E-state index >= 15 is 0 Å². The number of aromatic nitrogens is 2. The van der Waals surface area contributed by atoms with Crippen LogP contribution in [-0.4, -0.2) is 16.2 Å². The van der Waals surface area contributed by atoms with E-state index in [0.717, 1.165) is 12.1 Å². The predicted octanol–water partition coefficient (Wildman–Crippen LogP) is 3.77. The maximum atomic E-state index is 5.88. The number of nitrogens with one attached hydrogen (secondary N) is 1. The van der Waals surface area contributed by atoms with Gasteiger partial charge in [-0.25, -0.2) is 0 Å². The molecular weight excluding hydrogens is 233 g/mol. The summed E-state index contributed by atoms with van der Waals surface area (Å²) in [5.41, 5.74) is 0.750. The maximum Gasteiger partial charge on any atom is 0.174 e. The van der Waals surface area contributed by atoms with Gasteiger partial charge in [0.2, 0.25) is 0 Å². The van der Waals surface area contributed by atoms with Gasteiger partial charge in [-0.15, -0.1) is 10.2 Å². The van der Waals surface area contributed by atoms with Crippen LogP contribution in [0.5, 0.6) is 0 Å². The van der Waals surface area contributed by atoms with Crippen LogP contribution >= 0.6 is 23.2 Å². The molecule has 5 heteroatoms. The van der Waals surface area contributed by atoms with Gasteiger partial charge in [0.25, 0.3) is 0 Å². The molecule has 1 aromatic heterocycles. The second-order valence-corrected chi connectivity index (χ2v) is 4.30. The molecule has 1 rings (SSSR count). The minimum absolute atomic E-state index is 0.351. The number of unbranched alkanes of at least 4 members (excludes halogenated alkanes) is 1. The van der Waals surface area contributed by atoms with Gasteiger partial charge in [0, 0.05) is 12.1 Å². The average molecular weight is 248 g/mol. The van der Waals surface area contributed by atoms with E-state index in [0.29, 0.717) is 16.3 Å². The van der Waals surface area contributed by atoms with Crippen LogP contribution in [0.15, 0.2) is 6.07 Å². The lowest BCUT2D eigenvalue weighted by Gasteiger charge is -2.15. The second kappa shape index (κ2) is 6.13. The van der Waals surface area contributed by atoms with E-state index < -0.39 is 0 Å². The molecule has 1 atom stereocenters. The summed E-state index contributed by atoms with van der Waals surface area (Å²) >= 11 is 11.6. The van der Waals surface area contributed by atoms with Crippen molar-refractivity contribution in [3.8, 4) is 0 Å². The Balaban J connectivity index is 2.59. The summed E-state index contributed by atoms with van der Waals surface area (Å²) in [5.74, 6) is 0. The van der Waals surface area contributed by atoms with Gasteiger partial charge in [-0.1, -0.05) is 43.0 Å². The summed E-state index contributed by atoms with van der Waals surface area (Å²) in [7, 11) is 0. The van der Waals surface area contributed by atoms with Gasteiger partial charge in [-0.2, -0.15) is 0 Å². The molecule has 84 valence electrons. The minimum Gasteiger partial charge on any atom is -0.380 e. The molecule has 15 heavy (non-hydrogen) atoms. The van der Waals surface area contributed by atoms with Gasteiger partial charge in [-0.05, 0) is 13.3 Å². The number of halogens is 2. The molecule has 0 aliphatic carbocycles. The van der Waals surface area contributed by atoms with E-state index in [1.165, 1.54) is 12.8 Å². The van der Waals surface area contributed by atoms with Crippen LogP contribution in [0.3, 0.4) is 0 Å². The fourth-order valence-electron chi connectivity index (χ4n) is 1.30. The molecule has 0 aliphatic rings. The molecule has 0 bridgehead atoms. The Hall–Kier alpha value is -0.540. The van der Waals surface area contributed by atoms with Crippen molar-refractivity contribution < 1.29 is 0 Å². The van der Waals surface area contributed by atoms with Crippen LogP contribution in [0, 0.1) is 0 Å². The lowest BCUT2D eigenvalue weighted by atomic mass is 10.1. The predicted molar refractivity (Wildman–Crippen MR) is 64.7 cm³/mol. The van der Waals surface area contributed by atoms with Gasteiger partial charge in [-0.3, -0.25) is 0 Å². The average Bonchev–Trinajstić information content (AvgIpc) is 2.20. The summed E-state index contributed by atoms with van der Waals surface area (Å²) in [5, 5.41) is 11.4. The van der Waals surface area contributed by atoms with Crippen LogP contribution in [0.25, 0.3) is 0 Å². The van der Waals surface area contributed by atoms with Crippen LogP contribution in [-0.2, 0) is 0 Å². The van der Waals surface area contributed by atoms with Gasteiger partial charge in [0.1, 0.15) is 0 Å². The molecule has 0 amide bonds. The topological polar surface area (TPSA) is 37.8 Å². The molecule has 1 heterocycles. The largest absolute Gasteiger partial charge is 0.380 e. The van der Waals surface area contributed by atoms with Crippen molar-refractivity contribution in [2.24, 2.45) is 0 Å². The fourth-order valence-corrected chi connectivity index (χ4v) is 1.60. The van der Waals surface area contributed by atoms with Crippen molar-refractivity contribution in [3.05, 3.63) is 16.4 Å². The number of anilines is 1. The first kappa shape index (κ1) is 12.5. The zero-order chi connectivity index (χ0) is 11.3. The Morgan fingerprint density at radius 2 is 2.13 bits per heavy atom. The SMILES string of the molecule is CCCCC(C)Nc1cc(Cl)nnc1Cl. The molecule has 1 N–H and O–H groups in total. The van der Waals surface area contributed by atoms with E-state index in [1.54, 1.807) is 6.07 Å². The molecule has 0 saturated carbocycles. The summed E-state index contributed by atoms with van der Waals surface area (Å²) < 4.78 is 0. The monoisotopic (exact) mass is 247 g/mol. The third-order valence-electron chi connectivity index (χ3n) is 2.11. The summed E-state index contributed by atoms with van der Waals surface area (Å²) in [4.78, 5) is 0. The Kier molecular flexibility index (Phi) is 5.12. The van der Waals surface area contributed by atoms with E-state index in [4.69, 9.17) is 23.2 Å². The lowest BCUT2D eigenvalue weighted by Crippen LogP contribution is -2.15. The van der Waals surface area contributed by atoms with Gasteiger partial charge in [0.15, 0.2) is 10.3 Å². The van der Waals surface area contributed by atoms with Crippen molar-refractivity contribution in [3.63, 3.8) is 0 Å². The molecule has 0 aromatic carbocycles. The van der Waals surface area contributed by atoms with Crippen molar-refractivity contribution in [2.45, 2.75) is 39.2 Å². The van der Waals surface area contributed by atoms with Gasteiger partial charge >= 0.3 is 0 Å². The highest BCUT2D eigenvalue weighted by Crippen LogP contribution is 2.22. The Morgan fingerprint density at radius 3 is 2.80 bits per heavy atom. The highest BCUT2D eigenvalue weighted by atomic mass is 35.5. The first-order valence-electron chi connectivity index (χ1n) is 5.08. The van der Waals surface area contributed by atoms with E-state index in [9.17, 15) is 0 Å². The van der Waals surface area contributed by atoms with Crippen LogP contribution < -0.4 is 5.32 Å². The van der Waals surface area contributed by atoms with E-state index in [1.807, 2.05) is 0 Å². The smallest absolute Gasteiger partial charge is 0.174 e. The van der Waals surface area contributed by atoms with Gasteiger partial charge in [0.05, 0.1) is 5.69 Å². The fraction of sp³-hybridized carbons (Fsp3) is 0.600. The maximum absolute atomic E-state index is 5.88. The standard InChI is InChI=1S/C10H15Cl2N3/c1-3-4-5-7(2)13-8-6-9(11)14-15-10(8)12/h6-7H,3-5H2,1-2H3,(H,13,14).